The molecule has 0 aromatic heterocycles. The standard InChI is InChI=1S/C11H12OS/c1-11(2)10(12)7-8-5-3-4-6-9(8)13-11/h3-6H,7H2,1-2H3. The van der Waals surface area contributed by atoms with E-state index in [-0.39, 0.29) is 4.75 Å². The molecule has 0 bridgehead atoms. The van der Waals surface area contributed by atoms with Crippen molar-refractivity contribution in [3.05, 3.63) is 29.8 Å². The van der Waals surface area contributed by atoms with Crippen LogP contribution in [0.3, 0.4) is 0 Å². The van der Waals surface area contributed by atoms with Crippen LogP contribution in [0.25, 0.3) is 0 Å². The number of fused-ring (bicyclic) bond motifs is 1. The molecule has 0 radical (unpaired) electrons. The molecule has 0 aliphatic carbocycles. The minimum absolute atomic E-state index is 0.242. The number of hydrogen-bond donors (Lipinski definition) is 0. The van der Waals surface area contributed by atoms with Gasteiger partial charge in [-0.15, -0.1) is 11.8 Å². The second kappa shape index (κ2) is 2.88. The minimum atomic E-state index is -0.242. The van der Waals surface area contributed by atoms with Gasteiger partial charge in [-0.05, 0) is 25.5 Å². The highest BCUT2D eigenvalue weighted by atomic mass is 32.2. The summed E-state index contributed by atoms with van der Waals surface area (Å²) >= 11 is 1.67. The van der Waals surface area contributed by atoms with Crippen molar-refractivity contribution in [3.8, 4) is 0 Å². The van der Waals surface area contributed by atoms with Crippen LogP contribution in [-0.2, 0) is 11.2 Å². The fourth-order valence-electron chi connectivity index (χ4n) is 1.47. The summed E-state index contributed by atoms with van der Waals surface area (Å²) in [7, 11) is 0. The molecule has 1 aromatic carbocycles. The second-order valence-electron chi connectivity index (χ2n) is 3.82. The van der Waals surface area contributed by atoms with Gasteiger partial charge < -0.3 is 0 Å². The normalized spacial score (nSPS) is 19.7. The topological polar surface area (TPSA) is 17.1 Å². The Kier molecular flexibility index (Phi) is 1.95. The number of benzene rings is 1. The molecule has 1 heterocycles. The summed E-state index contributed by atoms with van der Waals surface area (Å²) in [6, 6.07) is 8.15. The molecule has 2 heteroatoms. The van der Waals surface area contributed by atoms with Crippen LogP contribution in [0.15, 0.2) is 29.2 Å². The Hall–Kier alpha value is -0.760. The number of carbonyl (C=O) groups excluding carboxylic acids is 1. The summed E-state index contributed by atoms with van der Waals surface area (Å²) in [5, 5.41) is 0. The summed E-state index contributed by atoms with van der Waals surface area (Å²) in [4.78, 5) is 12.9. The molecule has 0 saturated heterocycles. The molecule has 0 N–H and O–H groups in total. The van der Waals surface area contributed by atoms with Crippen LogP contribution in [0.5, 0.6) is 0 Å². The van der Waals surface area contributed by atoms with Gasteiger partial charge in [0.05, 0.1) is 4.75 Å². The summed E-state index contributed by atoms with van der Waals surface area (Å²) < 4.78 is -0.242. The monoisotopic (exact) mass is 192 g/mol. The fraction of sp³-hybridized carbons (Fsp3) is 0.364. The van der Waals surface area contributed by atoms with Crippen molar-refractivity contribution in [2.75, 3.05) is 0 Å². The van der Waals surface area contributed by atoms with Gasteiger partial charge >= 0.3 is 0 Å². The Morgan fingerprint density at radius 2 is 2.00 bits per heavy atom. The van der Waals surface area contributed by atoms with Crippen LogP contribution >= 0.6 is 11.8 Å². The third-order valence-corrected chi connectivity index (χ3v) is 3.72. The molecule has 1 aliphatic rings. The van der Waals surface area contributed by atoms with E-state index in [1.807, 2.05) is 32.0 Å². The fourth-order valence-corrected chi connectivity index (χ4v) is 2.62. The van der Waals surface area contributed by atoms with E-state index in [4.69, 9.17) is 0 Å². The van der Waals surface area contributed by atoms with Crippen LogP contribution in [-0.4, -0.2) is 10.5 Å². The number of Topliss-reactive ketones (excluding diaryl/α,β-unsaturated/α-hetero) is 1. The SMILES string of the molecule is CC1(C)Sc2ccccc2CC1=O. The number of thioether (sulfide) groups is 1. The maximum absolute atomic E-state index is 11.7. The third-order valence-electron chi connectivity index (χ3n) is 2.36. The zero-order chi connectivity index (χ0) is 9.47. The zero-order valence-corrected chi connectivity index (χ0v) is 8.65. The lowest BCUT2D eigenvalue weighted by Crippen LogP contribution is -2.32. The van der Waals surface area contributed by atoms with Gasteiger partial charge in [-0.2, -0.15) is 0 Å². The van der Waals surface area contributed by atoms with E-state index >= 15 is 0 Å². The van der Waals surface area contributed by atoms with Crippen molar-refractivity contribution in [1.82, 2.24) is 0 Å². The summed E-state index contributed by atoms with van der Waals surface area (Å²) in [5.74, 6) is 0.330. The average molecular weight is 192 g/mol. The minimum Gasteiger partial charge on any atom is -0.298 e. The predicted octanol–water partition coefficient (Wildman–Crippen LogP) is 2.68. The maximum Gasteiger partial charge on any atom is 0.153 e. The van der Waals surface area contributed by atoms with Crippen molar-refractivity contribution in [3.63, 3.8) is 0 Å². The first-order chi connectivity index (χ1) is 6.09. The summed E-state index contributed by atoms with van der Waals surface area (Å²) in [6.07, 6.45) is 0.593. The summed E-state index contributed by atoms with van der Waals surface area (Å²) in [5.41, 5.74) is 1.18. The number of ketones is 1. The van der Waals surface area contributed by atoms with E-state index in [0.29, 0.717) is 12.2 Å². The van der Waals surface area contributed by atoms with Crippen molar-refractivity contribution in [1.29, 1.82) is 0 Å². The largest absolute Gasteiger partial charge is 0.298 e. The van der Waals surface area contributed by atoms with Crippen molar-refractivity contribution < 1.29 is 4.79 Å². The molecule has 1 aliphatic heterocycles. The highest BCUT2D eigenvalue weighted by Gasteiger charge is 2.33. The van der Waals surface area contributed by atoms with Crippen LogP contribution < -0.4 is 0 Å². The molecule has 0 amide bonds. The van der Waals surface area contributed by atoms with E-state index in [1.165, 1.54) is 10.5 Å². The number of hydrogen-bond acceptors (Lipinski definition) is 2. The predicted molar refractivity (Wildman–Crippen MR) is 55.1 cm³/mol. The molecular formula is C11H12OS. The molecule has 0 fully saturated rings. The van der Waals surface area contributed by atoms with Gasteiger partial charge in [0.2, 0.25) is 0 Å². The molecule has 0 atom stereocenters. The van der Waals surface area contributed by atoms with Crippen LogP contribution in [0.1, 0.15) is 19.4 Å². The first kappa shape index (κ1) is 8.82. The van der Waals surface area contributed by atoms with Gasteiger partial charge in [-0.25, -0.2) is 0 Å². The Morgan fingerprint density at radius 3 is 2.77 bits per heavy atom. The molecule has 68 valence electrons. The Bertz CT molecular complexity index is 355. The van der Waals surface area contributed by atoms with Gasteiger partial charge in [-0.1, -0.05) is 18.2 Å². The van der Waals surface area contributed by atoms with Gasteiger partial charge in [0, 0.05) is 11.3 Å². The highest BCUT2D eigenvalue weighted by Crippen LogP contribution is 2.40. The molecule has 0 unspecified atom stereocenters. The Labute approximate surface area is 82.5 Å². The lowest BCUT2D eigenvalue weighted by Gasteiger charge is -2.28. The maximum atomic E-state index is 11.7. The van der Waals surface area contributed by atoms with Gasteiger partial charge in [0.25, 0.3) is 0 Å². The first-order valence-corrected chi connectivity index (χ1v) is 5.21. The smallest absolute Gasteiger partial charge is 0.153 e. The molecular weight excluding hydrogens is 180 g/mol. The number of carbonyl (C=O) groups is 1. The Morgan fingerprint density at radius 1 is 1.31 bits per heavy atom. The zero-order valence-electron chi connectivity index (χ0n) is 7.83. The lowest BCUT2D eigenvalue weighted by atomic mass is 9.99. The number of rotatable bonds is 0. The van der Waals surface area contributed by atoms with E-state index in [0.717, 1.165) is 0 Å². The molecule has 2 rings (SSSR count). The average Bonchev–Trinajstić information content (AvgIpc) is 2.06. The van der Waals surface area contributed by atoms with E-state index in [9.17, 15) is 4.79 Å². The van der Waals surface area contributed by atoms with Crippen molar-refractivity contribution in [2.45, 2.75) is 29.9 Å². The van der Waals surface area contributed by atoms with Gasteiger partial charge in [-0.3, -0.25) is 4.79 Å². The lowest BCUT2D eigenvalue weighted by molar-refractivity contribution is -0.120. The Balaban J connectivity index is 2.44. The molecule has 0 spiro atoms. The van der Waals surface area contributed by atoms with Crippen LogP contribution in [0.4, 0.5) is 0 Å². The van der Waals surface area contributed by atoms with Gasteiger partial charge in [0.15, 0.2) is 5.78 Å². The van der Waals surface area contributed by atoms with Crippen LogP contribution in [0.2, 0.25) is 0 Å². The van der Waals surface area contributed by atoms with Crippen molar-refractivity contribution in [2.24, 2.45) is 0 Å². The molecule has 0 saturated carbocycles. The van der Waals surface area contributed by atoms with Gasteiger partial charge in [0.1, 0.15) is 0 Å². The van der Waals surface area contributed by atoms with Crippen molar-refractivity contribution >= 4 is 17.5 Å². The van der Waals surface area contributed by atoms with Crippen LogP contribution in [0, 0.1) is 0 Å². The van der Waals surface area contributed by atoms with E-state index < -0.39 is 0 Å². The molecule has 1 aromatic rings. The highest BCUT2D eigenvalue weighted by molar-refractivity contribution is 8.01. The third kappa shape index (κ3) is 1.51. The quantitative estimate of drug-likeness (QED) is 0.628. The first-order valence-electron chi connectivity index (χ1n) is 4.40. The van der Waals surface area contributed by atoms with E-state index in [1.54, 1.807) is 11.8 Å². The second-order valence-corrected chi connectivity index (χ2v) is 5.48. The molecule has 13 heavy (non-hydrogen) atoms. The van der Waals surface area contributed by atoms with E-state index in [2.05, 4.69) is 6.07 Å². The molecule has 1 nitrogen and oxygen atoms in total. The summed E-state index contributed by atoms with van der Waals surface area (Å²) in [6.45, 7) is 3.99.